The number of nitrogens with two attached hydrogens (primary N) is 1. The van der Waals surface area contributed by atoms with Crippen molar-refractivity contribution in [3.05, 3.63) is 0 Å². The molecule has 0 fully saturated rings. The van der Waals surface area contributed by atoms with Crippen molar-refractivity contribution in [2.45, 2.75) is 125 Å². The van der Waals surface area contributed by atoms with Crippen LogP contribution in [0.15, 0.2) is 0 Å². The molecule has 0 rings (SSSR count). The summed E-state index contributed by atoms with van der Waals surface area (Å²) in [5, 5.41) is 0. The van der Waals surface area contributed by atoms with Crippen LogP contribution in [0.3, 0.4) is 0 Å². The molecular weight excluding hydrogens is 282 g/mol. The van der Waals surface area contributed by atoms with Crippen LogP contribution in [0.4, 0.5) is 0 Å². The molecule has 0 saturated heterocycles. The Kier molecular flexibility index (Phi) is 10.7. The molecule has 0 aliphatic carbocycles. The molecule has 0 saturated carbocycles. The van der Waals surface area contributed by atoms with E-state index in [-0.39, 0.29) is 23.2 Å². The Bertz CT molecular complexity index is 291. The molecule has 0 aliphatic rings. The molecule has 0 heterocycles. The molecule has 0 aromatic rings. The van der Waals surface area contributed by atoms with Gasteiger partial charge in [-0.15, -0.1) is 0 Å². The van der Waals surface area contributed by atoms with Gasteiger partial charge in [-0.05, 0) is 31.6 Å². The predicted octanol–water partition coefficient (Wildman–Crippen LogP) is 6.32. The molecule has 0 radical (unpaired) electrons. The summed E-state index contributed by atoms with van der Waals surface area (Å²) >= 11 is 0. The molecule has 0 aliphatic heterocycles. The van der Waals surface area contributed by atoms with Crippen LogP contribution in [0.1, 0.15) is 107 Å². The summed E-state index contributed by atoms with van der Waals surface area (Å²) in [5.74, 6) is 0.434. The van der Waals surface area contributed by atoms with Crippen molar-refractivity contribution in [2.75, 3.05) is 0 Å². The van der Waals surface area contributed by atoms with E-state index in [0.717, 1.165) is 6.42 Å². The van der Waals surface area contributed by atoms with E-state index < -0.39 is 0 Å². The summed E-state index contributed by atoms with van der Waals surface area (Å²) in [6.45, 7) is 17.8. The first-order chi connectivity index (χ1) is 10.5. The normalized spacial score (nSPS) is 15.9. The highest BCUT2D eigenvalue weighted by molar-refractivity contribution is 4.88. The van der Waals surface area contributed by atoms with Gasteiger partial charge >= 0.3 is 0 Å². The molecule has 2 heteroatoms. The lowest BCUT2D eigenvalue weighted by molar-refractivity contribution is -0.133. The molecule has 0 amide bonds. The lowest BCUT2D eigenvalue weighted by Crippen LogP contribution is -2.52. The van der Waals surface area contributed by atoms with Crippen LogP contribution < -0.4 is 5.73 Å². The Morgan fingerprint density at radius 1 is 0.826 bits per heavy atom. The van der Waals surface area contributed by atoms with Gasteiger partial charge in [0.05, 0.1) is 11.7 Å². The van der Waals surface area contributed by atoms with Crippen LogP contribution in [0.25, 0.3) is 0 Å². The van der Waals surface area contributed by atoms with E-state index >= 15 is 0 Å². The van der Waals surface area contributed by atoms with Crippen molar-refractivity contribution in [1.29, 1.82) is 0 Å². The summed E-state index contributed by atoms with van der Waals surface area (Å²) in [6, 6.07) is 0.0707. The SMILES string of the molecule is CCCCCCCCCC(OC(C)(C)[C@H](N)C(C)C)C(C)(C)C. The average molecular weight is 328 g/mol. The van der Waals surface area contributed by atoms with Crippen molar-refractivity contribution in [3.8, 4) is 0 Å². The average Bonchev–Trinajstić information content (AvgIpc) is 2.42. The van der Waals surface area contributed by atoms with E-state index in [4.69, 9.17) is 10.5 Å². The Hall–Kier alpha value is -0.0800. The summed E-state index contributed by atoms with van der Waals surface area (Å²) in [5.41, 5.74) is 6.28. The minimum absolute atomic E-state index is 0.0707. The Morgan fingerprint density at radius 2 is 1.30 bits per heavy atom. The fourth-order valence-electron chi connectivity index (χ4n) is 3.20. The van der Waals surface area contributed by atoms with Crippen LogP contribution in [-0.2, 0) is 4.74 Å². The van der Waals surface area contributed by atoms with Gasteiger partial charge in [-0.3, -0.25) is 0 Å². The topological polar surface area (TPSA) is 35.2 Å². The Balaban J connectivity index is 4.39. The lowest BCUT2D eigenvalue weighted by atomic mass is 9.83. The van der Waals surface area contributed by atoms with Crippen molar-refractivity contribution in [3.63, 3.8) is 0 Å². The second kappa shape index (κ2) is 10.7. The molecule has 2 N–H and O–H groups in total. The molecule has 2 atom stereocenters. The van der Waals surface area contributed by atoms with Crippen LogP contribution in [0, 0.1) is 11.3 Å². The molecule has 1 unspecified atom stereocenters. The molecule has 0 aromatic carbocycles. The second-order valence-electron chi connectivity index (χ2n) is 9.26. The predicted molar refractivity (Wildman–Crippen MR) is 104 cm³/mol. The Morgan fingerprint density at radius 3 is 1.74 bits per heavy atom. The number of rotatable bonds is 12. The van der Waals surface area contributed by atoms with E-state index in [0.29, 0.717) is 5.92 Å². The zero-order valence-corrected chi connectivity index (χ0v) is 17.4. The van der Waals surface area contributed by atoms with Gasteiger partial charge < -0.3 is 10.5 Å². The van der Waals surface area contributed by atoms with Gasteiger partial charge in [0.15, 0.2) is 0 Å². The van der Waals surface area contributed by atoms with Gasteiger partial charge in [0, 0.05) is 6.04 Å². The maximum atomic E-state index is 6.55. The van der Waals surface area contributed by atoms with Crippen LogP contribution in [0.5, 0.6) is 0 Å². The minimum atomic E-state index is -0.271. The number of ether oxygens (including phenoxy) is 1. The van der Waals surface area contributed by atoms with Gasteiger partial charge in [-0.25, -0.2) is 0 Å². The van der Waals surface area contributed by atoms with Crippen molar-refractivity contribution >= 4 is 0 Å². The van der Waals surface area contributed by atoms with Crippen molar-refractivity contribution in [2.24, 2.45) is 17.1 Å². The smallest absolute Gasteiger partial charge is 0.0783 e. The first-order valence-corrected chi connectivity index (χ1v) is 9.95. The molecule has 2 nitrogen and oxygen atoms in total. The van der Waals surface area contributed by atoms with Gasteiger partial charge in [-0.1, -0.05) is 86.5 Å². The lowest BCUT2D eigenvalue weighted by Gasteiger charge is -2.42. The highest BCUT2D eigenvalue weighted by atomic mass is 16.5. The molecule has 0 aromatic heterocycles. The van der Waals surface area contributed by atoms with E-state index in [1.807, 2.05) is 0 Å². The number of unbranched alkanes of at least 4 members (excludes halogenated alkanes) is 6. The largest absolute Gasteiger partial charge is 0.370 e. The zero-order chi connectivity index (χ0) is 18.1. The van der Waals surface area contributed by atoms with Crippen molar-refractivity contribution < 1.29 is 4.74 Å². The highest BCUT2D eigenvalue weighted by Gasteiger charge is 2.36. The van der Waals surface area contributed by atoms with Crippen LogP contribution in [-0.4, -0.2) is 17.7 Å². The third kappa shape index (κ3) is 9.72. The van der Waals surface area contributed by atoms with Crippen LogP contribution in [0.2, 0.25) is 0 Å². The maximum Gasteiger partial charge on any atom is 0.0783 e. The third-order valence-corrected chi connectivity index (χ3v) is 5.00. The van der Waals surface area contributed by atoms with E-state index in [2.05, 4.69) is 55.4 Å². The fourth-order valence-corrected chi connectivity index (χ4v) is 3.20. The third-order valence-electron chi connectivity index (χ3n) is 5.00. The van der Waals surface area contributed by atoms with Gasteiger partial charge in [0.1, 0.15) is 0 Å². The second-order valence-corrected chi connectivity index (χ2v) is 9.26. The van der Waals surface area contributed by atoms with E-state index in [9.17, 15) is 0 Å². The van der Waals surface area contributed by atoms with E-state index in [1.165, 1.54) is 44.9 Å². The summed E-state index contributed by atoms with van der Waals surface area (Å²) in [6.07, 6.45) is 10.9. The van der Waals surface area contributed by atoms with E-state index in [1.54, 1.807) is 0 Å². The molecule has 140 valence electrons. The zero-order valence-electron chi connectivity index (χ0n) is 17.4. The standard InChI is InChI=1S/C21H45NO/c1-9-10-11-12-13-14-15-16-18(20(4,5)6)23-21(7,8)19(22)17(2)3/h17-19H,9-16,22H2,1-8H3/t18?,19-/m1/s1. The van der Waals surface area contributed by atoms with Crippen LogP contribution >= 0.6 is 0 Å². The maximum absolute atomic E-state index is 6.55. The Labute approximate surface area is 146 Å². The summed E-state index contributed by atoms with van der Waals surface area (Å²) < 4.78 is 6.55. The van der Waals surface area contributed by atoms with Gasteiger partial charge in [0.25, 0.3) is 0 Å². The quantitative estimate of drug-likeness (QED) is 0.426. The first kappa shape index (κ1) is 22.9. The monoisotopic (exact) mass is 327 g/mol. The summed E-state index contributed by atoms with van der Waals surface area (Å²) in [7, 11) is 0. The summed E-state index contributed by atoms with van der Waals surface area (Å²) in [4.78, 5) is 0. The number of hydrogen-bond donors (Lipinski definition) is 1. The highest BCUT2D eigenvalue weighted by Crippen LogP contribution is 2.32. The molecular formula is C21H45NO. The molecule has 0 spiro atoms. The minimum Gasteiger partial charge on any atom is -0.370 e. The van der Waals surface area contributed by atoms with Gasteiger partial charge in [0.2, 0.25) is 0 Å². The number of hydrogen-bond acceptors (Lipinski definition) is 2. The molecule has 23 heavy (non-hydrogen) atoms. The van der Waals surface area contributed by atoms with Gasteiger partial charge in [-0.2, -0.15) is 0 Å². The first-order valence-electron chi connectivity index (χ1n) is 9.95. The van der Waals surface area contributed by atoms with Crippen molar-refractivity contribution in [1.82, 2.24) is 0 Å². The molecule has 0 bridgehead atoms. The fraction of sp³-hybridized carbons (Fsp3) is 1.00.